The molecule has 0 aromatic heterocycles. The number of rotatable bonds is 3. The normalized spacial score (nSPS) is 21.7. The van der Waals surface area contributed by atoms with E-state index >= 15 is 0 Å². The molecule has 1 fully saturated rings. The predicted molar refractivity (Wildman–Crippen MR) is 71.7 cm³/mol. The van der Waals surface area contributed by atoms with Gasteiger partial charge in [0.25, 0.3) is 11.6 Å². The van der Waals surface area contributed by atoms with Crippen molar-refractivity contribution >= 4 is 17.3 Å². The zero-order valence-electron chi connectivity index (χ0n) is 11.1. The van der Waals surface area contributed by atoms with Gasteiger partial charge in [-0.25, -0.2) is 4.39 Å². The summed E-state index contributed by atoms with van der Waals surface area (Å²) >= 11 is 0. The molecular weight excluding hydrogens is 265 g/mol. The summed E-state index contributed by atoms with van der Waals surface area (Å²) in [5, 5.41) is 13.7. The second-order valence-corrected chi connectivity index (χ2v) is 5.14. The first-order valence-corrected chi connectivity index (χ1v) is 6.44. The minimum atomic E-state index is -0.900. The fraction of sp³-hybridized carbons (Fsp3) is 0.462. The molecule has 0 bridgehead atoms. The van der Waals surface area contributed by atoms with Gasteiger partial charge < -0.3 is 11.1 Å². The van der Waals surface area contributed by atoms with Gasteiger partial charge in [0, 0.05) is 6.04 Å². The van der Waals surface area contributed by atoms with Crippen molar-refractivity contribution in [3.05, 3.63) is 33.6 Å². The Bertz CT molecular complexity index is 562. The Morgan fingerprint density at radius 1 is 1.50 bits per heavy atom. The second kappa shape index (κ2) is 5.44. The van der Waals surface area contributed by atoms with Crippen molar-refractivity contribution in [2.45, 2.75) is 32.2 Å². The highest BCUT2D eigenvalue weighted by atomic mass is 19.1. The first kappa shape index (κ1) is 14.2. The van der Waals surface area contributed by atoms with Crippen LogP contribution in [-0.4, -0.2) is 16.9 Å². The van der Waals surface area contributed by atoms with Gasteiger partial charge in [-0.3, -0.25) is 14.9 Å². The molecule has 0 heterocycles. The van der Waals surface area contributed by atoms with E-state index in [1.807, 2.05) is 6.92 Å². The number of hydrogen-bond acceptors (Lipinski definition) is 4. The highest BCUT2D eigenvalue weighted by Gasteiger charge is 2.28. The molecule has 0 radical (unpaired) electrons. The number of nitrogen functional groups attached to an aromatic ring is 1. The molecule has 2 unspecified atom stereocenters. The number of amides is 1. The third-order valence-electron chi connectivity index (χ3n) is 3.73. The average Bonchev–Trinajstić information content (AvgIpc) is 2.77. The van der Waals surface area contributed by atoms with Crippen molar-refractivity contribution in [1.82, 2.24) is 5.32 Å². The minimum Gasteiger partial charge on any atom is -0.396 e. The van der Waals surface area contributed by atoms with Gasteiger partial charge in [0.1, 0.15) is 5.56 Å². The first-order valence-electron chi connectivity index (χ1n) is 6.44. The summed E-state index contributed by atoms with van der Waals surface area (Å²) in [4.78, 5) is 22.3. The third-order valence-corrected chi connectivity index (χ3v) is 3.73. The van der Waals surface area contributed by atoms with Crippen molar-refractivity contribution in [3.8, 4) is 0 Å². The van der Waals surface area contributed by atoms with Gasteiger partial charge in [-0.05, 0) is 24.8 Å². The van der Waals surface area contributed by atoms with Crippen molar-refractivity contribution in [2.75, 3.05) is 5.73 Å². The van der Waals surface area contributed by atoms with Crippen LogP contribution in [0.15, 0.2) is 12.1 Å². The summed E-state index contributed by atoms with van der Waals surface area (Å²) in [6.07, 6.45) is 2.87. The molecule has 0 spiro atoms. The SMILES string of the molecule is CC1CCCC1NC(=O)c1cc(N)c(F)cc1[N+](=O)[O-]. The molecule has 0 aliphatic heterocycles. The monoisotopic (exact) mass is 281 g/mol. The Morgan fingerprint density at radius 3 is 2.75 bits per heavy atom. The molecule has 108 valence electrons. The van der Waals surface area contributed by atoms with E-state index in [1.165, 1.54) is 0 Å². The number of nitrogens with one attached hydrogen (secondary N) is 1. The van der Waals surface area contributed by atoms with E-state index in [9.17, 15) is 19.3 Å². The van der Waals surface area contributed by atoms with Crippen molar-refractivity contribution in [3.63, 3.8) is 0 Å². The second-order valence-electron chi connectivity index (χ2n) is 5.14. The standard InChI is InChI=1S/C13H16FN3O3/c1-7-3-2-4-11(7)16-13(18)8-5-10(15)9(14)6-12(8)17(19)20/h5-7,11H,2-4,15H2,1H3,(H,16,18). The number of carbonyl (C=O) groups excluding carboxylic acids is 1. The Kier molecular flexibility index (Phi) is 3.87. The quantitative estimate of drug-likeness (QED) is 0.504. The summed E-state index contributed by atoms with van der Waals surface area (Å²) in [6, 6.07) is 1.69. The number of hydrogen-bond donors (Lipinski definition) is 2. The number of nitro benzene ring substituents is 1. The van der Waals surface area contributed by atoms with Gasteiger partial charge in [0.05, 0.1) is 16.7 Å². The molecule has 0 saturated heterocycles. The first-order chi connectivity index (χ1) is 9.40. The zero-order chi connectivity index (χ0) is 14.9. The van der Waals surface area contributed by atoms with Crippen LogP contribution in [0.4, 0.5) is 15.8 Å². The van der Waals surface area contributed by atoms with Crippen LogP contribution >= 0.6 is 0 Å². The van der Waals surface area contributed by atoms with Gasteiger partial charge in [-0.1, -0.05) is 13.3 Å². The molecule has 6 nitrogen and oxygen atoms in total. The lowest BCUT2D eigenvalue weighted by molar-refractivity contribution is -0.385. The molecule has 1 saturated carbocycles. The van der Waals surface area contributed by atoms with Crippen LogP contribution in [0.1, 0.15) is 36.5 Å². The molecule has 1 amide bonds. The van der Waals surface area contributed by atoms with Crippen LogP contribution in [0, 0.1) is 21.8 Å². The summed E-state index contributed by atoms with van der Waals surface area (Å²) < 4.78 is 13.3. The molecule has 3 N–H and O–H groups in total. The number of anilines is 1. The van der Waals surface area contributed by atoms with Gasteiger partial charge in [0.2, 0.25) is 0 Å². The number of carbonyl (C=O) groups is 1. The van der Waals surface area contributed by atoms with E-state index in [2.05, 4.69) is 5.32 Å². The molecular formula is C13H16FN3O3. The lowest BCUT2D eigenvalue weighted by Crippen LogP contribution is -2.36. The van der Waals surface area contributed by atoms with Crippen molar-refractivity contribution in [1.29, 1.82) is 0 Å². The lowest BCUT2D eigenvalue weighted by atomic mass is 10.1. The predicted octanol–water partition coefficient (Wildman–Crippen LogP) is 2.23. The Balaban J connectivity index is 2.29. The van der Waals surface area contributed by atoms with E-state index in [-0.39, 0.29) is 17.3 Å². The summed E-state index contributed by atoms with van der Waals surface area (Å²) in [6.45, 7) is 2.02. The van der Waals surface area contributed by atoms with Crippen LogP contribution in [0.2, 0.25) is 0 Å². The molecule has 1 aliphatic carbocycles. The van der Waals surface area contributed by atoms with E-state index in [0.29, 0.717) is 12.0 Å². The van der Waals surface area contributed by atoms with Crippen molar-refractivity contribution in [2.24, 2.45) is 5.92 Å². The highest BCUT2D eigenvalue weighted by Crippen LogP contribution is 2.27. The number of nitrogens with two attached hydrogens (primary N) is 1. The molecule has 20 heavy (non-hydrogen) atoms. The molecule has 7 heteroatoms. The van der Waals surface area contributed by atoms with E-state index < -0.39 is 22.3 Å². The highest BCUT2D eigenvalue weighted by molar-refractivity contribution is 5.99. The lowest BCUT2D eigenvalue weighted by Gasteiger charge is -2.17. The summed E-state index contributed by atoms with van der Waals surface area (Å²) in [7, 11) is 0. The molecule has 1 aromatic carbocycles. The maximum absolute atomic E-state index is 13.3. The summed E-state index contributed by atoms with van der Waals surface area (Å²) in [5.41, 5.74) is 4.34. The number of nitrogens with zero attached hydrogens (tertiary/aromatic N) is 1. The largest absolute Gasteiger partial charge is 0.396 e. The Hall–Kier alpha value is -2.18. The number of benzene rings is 1. The molecule has 1 aliphatic rings. The van der Waals surface area contributed by atoms with Crippen LogP contribution < -0.4 is 11.1 Å². The molecule has 2 atom stereocenters. The maximum Gasteiger partial charge on any atom is 0.285 e. The number of halogens is 1. The molecule has 1 aromatic rings. The van der Waals surface area contributed by atoms with Crippen LogP contribution in [-0.2, 0) is 0 Å². The fourth-order valence-electron chi connectivity index (χ4n) is 2.52. The van der Waals surface area contributed by atoms with E-state index in [4.69, 9.17) is 5.73 Å². The van der Waals surface area contributed by atoms with Gasteiger partial charge in [-0.2, -0.15) is 0 Å². The number of nitro groups is 1. The Morgan fingerprint density at radius 2 is 2.20 bits per heavy atom. The average molecular weight is 281 g/mol. The van der Waals surface area contributed by atoms with Gasteiger partial charge >= 0.3 is 0 Å². The van der Waals surface area contributed by atoms with Gasteiger partial charge in [-0.15, -0.1) is 0 Å². The third kappa shape index (κ3) is 2.71. The van der Waals surface area contributed by atoms with E-state index in [0.717, 1.165) is 25.3 Å². The topological polar surface area (TPSA) is 98.3 Å². The van der Waals surface area contributed by atoms with Crippen LogP contribution in [0.25, 0.3) is 0 Å². The van der Waals surface area contributed by atoms with Crippen molar-refractivity contribution < 1.29 is 14.1 Å². The zero-order valence-corrected chi connectivity index (χ0v) is 11.1. The summed E-state index contributed by atoms with van der Waals surface area (Å²) in [5.74, 6) is -1.15. The smallest absolute Gasteiger partial charge is 0.285 e. The Labute approximate surface area is 115 Å². The van der Waals surface area contributed by atoms with Crippen LogP contribution in [0.5, 0.6) is 0 Å². The minimum absolute atomic E-state index is 0.00613. The molecule has 2 rings (SSSR count). The van der Waals surface area contributed by atoms with E-state index in [1.54, 1.807) is 0 Å². The van der Waals surface area contributed by atoms with Crippen LogP contribution in [0.3, 0.4) is 0 Å². The fourth-order valence-corrected chi connectivity index (χ4v) is 2.52. The van der Waals surface area contributed by atoms with Gasteiger partial charge in [0.15, 0.2) is 5.82 Å². The maximum atomic E-state index is 13.3.